The van der Waals surface area contributed by atoms with Gasteiger partial charge < -0.3 is 10.0 Å². The highest BCUT2D eigenvalue weighted by molar-refractivity contribution is 5.84. The van der Waals surface area contributed by atoms with Gasteiger partial charge in [0.05, 0.1) is 5.41 Å². The van der Waals surface area contributed by atoms with Crippen LogP contribution in [0.25, 0.3) is 0 Å². The smallest absolute Gasteiger partial charge is 0.311 e. The van der Waals surface area contributed by atoms with E-state index in [0.29, 0.717) is 13.1 Å². The first-order valence-electron chi connectivity index (χ1n) is 9.93. The Kier molecular flexibility index (Phi) is 4.74. The van der Waals surface area contributed by atoms with Gasteiger partial charge in [-0.25, -0.2) is 0 Å². The fourth-order valence-corrected chi connectivity index (χ4v) is 5.31. The van der Waals surface area contributed by atoms with E-state index in [4.69, 9.17) is 0 Å². The Labute approximate surface area is 155 Å². The second-order valence-corrected chi connectivity index (χ2v) is 8.18. The molecule has 1 aliphatic carbocycles. The van der Waals surface area contributed by atoms with Gasteiger partial charge >= 0.3 is 5.97 Å². The van der Waals surface area contributed by atoms with Crippen LogP contribution in [0.1, 0.15) is 50.1 Å². The second kappa shape index (κ2) is 7.03. The summed E-state index contributed by atoms with van der Waals surface area (Å²) in [6.45, 7) is 2.85. The molecule has 2 aliphatic heterocycles. The summed E-state index contributed by atoms with van der Waals surface area (Å²) in [5, 5.41) is 9.91. The number of piperidine rings is 1. The molecule has 1 saturated carbocycles. The van der Waals surface area contributed by atoms with Crippen LogP contribution in [-0.2, 0) is 9.59 Å². The van der Waals surface area contributed by atoms with Crippen molar-refractivity contribution in [1.82, 2.24) is 9.80 Å². The molecule has 1 amide bonds. The zero-order chi connectivity index (χ0) is 18.1. The molecule has 3 atom stereocenters. The van der Waals surface area contributed by atoms with E-state index in [1.165, 1.54) is 6.42 Å². The van der Waals surface area contributed by atoms with Crippen LogP contribution in [0.15, 0.2) is 30.3 Å². The fourth-order valence-electron chi connectivity index (χ4n) is 5.31. The zero-order valence-electron chi connectivity index (χ0n) is 15.3. The Morgan fingerprint density at radius 2 is 1.81 bits per heavy atom. The Morgan fingerprint density at radius 3 is 2.46 bits per heavy atom. The molecule has 26 heavy (non-hydrogen) atoms. The molecule has 5 nitrogen and oxygen atoms in total. The number of carboxylic acid groups (broad SMARTS) is 1. The molecule has 1 N–H and O–H groups in total. The van der Waals surface area contributed by atoms with Crippen LogP contribution >= 0.6 is 0 Å². The molecule has 3 aliphatic rings. The van der Waals surface area contributed by atoms with Gasteiger partial charge in [-0.15, -0.1) is 0 Å². The van der Waals surface area contributed by atoms with Crippen molar-refractivity contribution in [3.05, 3.63) is 35.9 Å². The SMILES string of the molecule is O=C(C(c1ccccc1)N1C[C@@H]2CCC[C@@]2(C(=O)O)C1)N1CCCCC1. The number of likely N-dealkylation sites (tertiary alicyclic amines) is 2. The molecular formula is C21H28N2O3. The number of benzene rings is 1. The summed E-state index contributed by atoms with van der Waals surface area (Å²) >= 11 is 0. The van der Waals surface area contributed by atoms with Gasteiger partial charge in [0.15, 0.2) is 0 Å². The summed E-state index contributed by atoms with van der Waals surface area (Å²) in [5.41, 5.74) is 0.332. The van der Waals surface area contributed by atoms with Gasteiger partial charge in [-0.3, -0.25) is 14.5 Å². The zero-order valence-corrected chi connectivity index (χ0v) is 15.3. The summed E-state index contributed by atoms with van der Waals surface area (Å²) in [7, 11) is 0. The van der Waals surface area contributed by atoms with Gasteiger partial charge in [0, 0.05) is 26.2 Å². The Hall–Kier alpha value is -1.88. The molecule has 1 unspecified atom stereocenters. The topological polar surface area (TPSA) is 60.9 Å². The third-order valence-corrected chi connectivity index (χ3v) is 6.71. The molecular weight excluding hydrogens is 328 g/mol. The van der Waals surface area contributed by atoms with Crippen molar-refractivity contribution in [2.75, 3.05) is 26.2 Å². The quantitative estimate of drug-likeness (QED) is 0.901. The van der Waals surface area contributed by atoms with Crippen molar-refractivity contribution < 1.29 is 14.7 Å². The number of nitrogens with zero attached hydrogens (tertiary/aromatic N) is 2. The molecule has 2 heterocycles. The van der Waals surface area contributed by atoms with Crippen LogP contribution in [0, 0.1) is 11.3 Å². The maximum atomic E-state index is 13.4. The van der Waals surface area contributed by atoms with E-state index < -0.39 is 11.4 Å². The molecule has 3 fully saturated rings. The number of carbonyl (C=O) groups is 2. The average Bonchev–Trinajstić information content (AvgIpc) is 3.22. The molecule has 0 aromatic heterocycles. The summed E-state index contributed by atoms with van der Waals surface area (Å²) in [6.07, 6.45) is 6.00. The van der Waals surface area contributed by atoms with Crippen molar-refractivity contribution in [3.63, 3.8) is 0 Å². The van der Waals surface area contributed by atoms with Crippen molar-refractivity contribution in [2.24, 2.45) is 11.3 Å². The first-order valence-corrected chi connectivity index (χ1v) is 9.93. The Bertz CT molecular complexity index is 671. The van der Waals surface area contributed by atoms with E-state index in [-0.39, 0.29) is 17.9 Å². The highest BCUT2D eigenvalue weighted by Crippen LogP contribution is 2.50. The number of hydrogen-bond donors (Lipinski definition) is 1. The van der Waals surface area contributed by atoms with Crippen LogP contribution in [0.5, 0.6) is 0 Å². The van der Waals surface area contributed by atoms with E-state index in [1.54, 1.807) is 0 Å². The minimum absolute atomic E-state index is 0.149. The lowest BCUT2D eigenvalue weighted by Crippen LogP contribution is -2.45. The molecule has 1 aromatic rings. The van der Waals surface area contributed by atoms with Gasteiger partial charge in [0.1, 0.15) is 6.04 Å². The van der Waals surface area contributed by atoms with Crippen LogP contribution in [0.2, 0.25) is 0 Å². The highest BCUT2D eigenvalue weighted by atomic mass is 16.4. The average molecular weight is 356 g/mol. The molecule has 5 heteroatoms. The minimum atomic E-state index is -0.681. The van der Waals surface area contributed by atoms with Gasteiger partial charge in [-0.1, -0.05) is 36.8 Å². The molecule has 1 aromatic carbocycles. The summed E-state index contributed by atoms with van der Waals surface area (Å²) in [5.74, 6) is -0.364. The molecule has 2 saturated heterocycles. The maximum Gasteiger partial charge on any atom is 0.311 e. The largest absolute Gasteiger partial charge is 0.481 e. The number of fused-ring (bicyclic) bond motifs is 1. The van der Waals surface area contributed by atoms with Crippen LogP contribution in [-0.4, -0.2) is 53.0 Å². The van der Waals surface area contributed by atoms with Crippen LogP contribution < -0.4 is 0 Å². The lowest BCUT2D eigenvalue weighted by atomic mass is 9.81. The molecule has 0 bridgehead atoms. The third kappa shape index (κ3) is 2.92. The number of carbonyl (C=O) groups excluding carboxylic acids is 1. The van der Waals surface area contributed by atoms with E-state index >= 15 is 0 Å². The van der Waals surface area contributed by atoms with Crippen LogP contribution in [0.4, 0.5) is 0 Å². The summed E-state index contributed by atoms with van der Waals surface area (Å²) in [6, 6.07) is 9.56. The number of carboxylic acids is 1. The highest BCUT2D eigenvalue weighted by Gasteiger charge is 2.56. The standard InChI is InChI=1S/C21H28N2O3/c24-19(22-12-5-2-6-13-22)18(16-8-3-1-4-9-16)23-14-17-10-7-11-21(17,15-23)20(25)26/h1,3-4,8-9,17-18H,2,5-7,10-15H2,(H,25,26)/t17-,18?,21+/m0/s1. The first-order chi connectivity index (χ1) is 12.6. The first kappa shape index (κ1) is 17.5. The van der Waals surface area contributed by atoms with E-state index in [0.717, 1.165) is 50.8 Å². The fraction of sp³-hybridized carbons (Fsp3) is 0.619. The lowest BCUT2D eigenvalue weighted by Gasteiger charge is -2.35. The van der Waals surface area contributed by atoms with E-state index in [9.17, 15) is 14.7 Å². The molecule has 0 spiro atoms. The summed E-state index contributed by atoms with van der Waals surface area (Å²) < 4.78 is 0. The maximum absolute atomic E-state index is 13.4. The van der Waals surface area contributed by atoms with Gasteiger partial charge in [-0.2, -0.15) is 0 Å². The van der Waals surface area contributed by atoms with Gasteiger partial charge in [0.2, 0.25) is 5.91 Å². The predicted octanol–water partition coefficient (Wildman–Crippen LogP) is 2.93. The van der Waals surface area contributed by atoms with Crippen molar-refractivity contribution >= 4 is 11.9 Å². The summed E-state index contributed by atoms with van der Waals surface area (Å²) in [4.78, 5) is 29.6. The third-order valence-electron chi connectivity index (χ3n) is 6.71. The number of aliphatic carboxylic acids is 1. The Balaban J connectivity index is 1.64. The van der Waals surface area contributed by atoms with E-state index in [1.807, 2.05) is 35.2 Å². The van der Waals surface area contributed by atoms with Crippen LogP contribution in [0.3, 0.4) is 0 Å². The van der Waals surface area contributed by atoms with Gasteiger partial charge in [-0.05, 0) is 43.6 Å². The molecule has 140 valence electrons. The van der Waals surface area contributed by atoms with Crippen molar-refractivity contribution in [1.29, 1.82) is 0 Å². The minimum Gasteiger partial charge on any atom is -0.481 e. The molecule has 4 rings (SSSR count). The molecule has 0 radical (unpaired) electrons. The van der Waals surface area contributed by atoms with Crippen molar-refractivity contribution in [3.8, 4) is 0 Å². The van der Waals surface area contributed by atoms with E-state index in [2.05, 4.69) is 4.90 Å². The number of amides is 1. The lowest BCUT2D eigenvalue weighted by molar-refractivity contribution is -0.150. The Morgan fingerprint density at radius 1 is 1.08 bits per heavy atom. The monoisotopic (exact) mass is 356 g/mol. The van der Waals surface area contributed by atoms with Gasteiger partial charge in [0.25, 0.3) is 0 Å². The normalized spacial score (nSPS) is 30.2. The number of rotatable bonds is 4. The number of hydrogen-bond acceptors (Lipinski definition) is 3. The predicted molar refractivity (Wildman–Crippen MR) is 98.6 cm³/mol. The second-order valence-electron chi connectivity index (χ2n) is 8.18. The van der Waals surface area contributed by atoms with Crippen molar-refractivity contribution in [2.45, 2.75) is 44.6 Å².